The van der Waals surface area contributed by atoms with Crippen LogP contribution in [0.1, 0.15) is 50.1 Å². The number of nitrogens with two attached hydrogens (primary N) is 1. The Labute approximate surface area is 126 Å². The van der Waals surface area contributed by atoms with Crippen molar-refractivity contribution in [1.82, 2.24) is 4.90 Å². The third-order valence-electron chi connectivity index (χ3n) is 4.46. The zero-order valence-corrected chi connectivity index (χ0v) is 12.9. The van der Waals surface area contributed by atoms with Crippen LogP contribution in [-0.2, 0) is 0 Å². The normalized spacial score (nSPS) is 19.1. The van der Waals surface area contributed by atoms with Crippen LogP contribution < -0.4 is 5.73 Å². The molecule has 0 bridgehead atoms. The lowest BCUT2D eigenvalue weighted by molar-refractivity contribution is 0.158. The Morgan fingerprint density at radius 2 is 1.95 bits per heavy atom. The van der Waals surface area contributed by atoms with Crippen LogP contribution in [0.2, 0.25) is 5.02 Å². The van der Waals surface area contributed by atoms with Crippen molar-refractivity contribution in [3.05, 3.63) is 34.6 Å². The van der Waals surface area contributed by atoms with E-state index < -0.39 is 0 Å². The summed E-state index contributed by atoms with van der Waals surface area (Å²) in [5.41, 5.74) is 6.54. The first kappa shape index (κ1) is 15.7. The van der Waals surface area contributed by atoms with Crippen molar-refractivity contribution in [3.8, 4) is 0 Å². The van der Waals surface area contributed by atoms with E-state index in [4.69, 9.17) is 17.3 Å². The molecule has 1 fully saturated rings. The fraction of sp³-hybridized carbons (Fsp3) is 0.625. The van der Waals surface area contributed by atoms with E-state index in [1.54, 1.807) is 18.2 Å². The molecule has 1 unspecified atom stereocenters. The first-order valence-corrected chi connectivity index (χ1v) is 7.89. The van der Waals surface area contributed by atoms with Crippen LogP contribution in [0.25, 0.3) is 0 Å². The summed E-state index contributed by atoms with van der Waals surface area (Å²) in [7, 11) is 2.06. The maximum Gasteiger partial charge on any atom is 0.146 e. The van der Waals surface area contributed by atoms with E-state index in [-0.39, 0.29) is 16.9 Å². The van der Waals surface area contributed by atoms with Gasteiger partial charge in [0.25, 0.3) is 0 Å². The fourth-order valence-corrected chi connectivity index (χ4v) is 3.39. The van der Waals surface area contributed by atoms with Gasteiger partial charge in [-0.25, -0.2) is 4.39 Å². The van der Waals surface area contributed by atoms with Gasteiger partial charge in [-0.1, -0.05) is 49.4 Å². The number of halogens is 2. The average Bonchev–Trinajstić information content (AvgIpc) is 2.73. The predicted octanol–water partition coefficient (Wildman–Crippen LogP) is 4.13. The molecule has 2 N–H and O–H groups in total. The molecule has 112 valence electrons. The van der Waals surface area contributed by atoms with Gasteiger partial charge in [-0.3, -0.25) is 4.90 Å². The number of benzene rings is 1. The summed E-state index contributed by atoms with van der Waals surface area (Å²) in [6, 6.07) is 5.57. The van der Waals surface area contributed by atoms with E-state index in [9.17, 15) is 4.39 Å². The van der Waals surface area contributed by atoms with Gasteiger partial charge in [0.05, 0.1) is 5.02 Å². The van der Waals surface area contributed by atoms with Crippen molar-refractivity contribution in [2.75, 3.05) is 13.6 Å². The van der Waals surface area contributed by atoms with Gasteiger partial charge in [-0.05, 0) is 26.0 Å². The second-order valence-corrected chi connectivity index (χ2v) is 6.11. The van der Waals surface area contributed by atoms with Crippen molar-refractivity contribution < 1.29 is 4.39 Å². The zero-order valence-electron chi connectivity index (χ0n) is 12.1. The van der Waals surface area contributed by atoms with Gasteiger partial charge in [0, 0.05) is 24.2 Å². The minimum atomic E-state index is -0.329. The van der Waals surface area contributed by atoms with E-state index >= 15 is 0 Å². The highest BCUT2D eigenvalue weighted by Crippen LogP contribution is 2.31. The summed E-state index contributed by atoms with van der Waals surface area (Å²) in [4.78, 5) is 2.25. The molecule has 0 amide bonds. The highest BCUT2D eigenvalue weighted by molar-refractivity contribution is 6.30. The van der Waals surface area contributed by atoms with Gasteiger partial charge < -0.3 is 5.73 Å². The Morgan fingerprint density at radius 3 is 2.55 bits per heavy atom. The molecule has 0 aromatic heterocycles. The molecule has 2 nitrogen and oxygen atoms in total. The van der Waals surface area contributed by atoms with Crippen molar-refractivity contribution in [2.45, 2.75) is 50.6 Å². The fourth-order valence-electron chi connectivity index (χ4n) is 3.21. The Kier molecular flexibility index (Phi) is 5.82. The lowest BCUT2D eigenvalue weighted by Crippen LogP contribution is -2.38. The Morgan fingerprint density at radius 1 is 1.30 bits per heavy atom. The van der Waals surface area contributed by atoms with Crippen molar-refractivity contribution in [2.24, 2.45) is 5.73 Å². The number of rotatable bonds is 4. The van der Waals surface area contributed by atoms with Crippen molar-refractivity contribution >= 4 is 11.6 Å². The van der Waals surface area contributed by atoms with Crippen LogP contribution in [0.5, 0.6) is 0 Å². The Bertz CT molecular complexity index is 430. The number of hydrogen-bond acceptors (Lipinski definition) is 2. The first-order chi connectivity index (χ1) is 9.65. The van der Waals surface area contributed by atoms with Crippen LogP contribution in [0.4, 0.5) is 4.39 Å². The van der Waals surface area contributed by atoms with Gasteiger partial charge in [-0.15, -0.1) is 0 Å². The molecular weight excluding hydrogens is 275 g/mol. The predicted molar refractivity (Wildman–Crippen MR) is 82.5 cm³/mol. The smallest absolute Gasteiger partial charge is 0.146 e. The molecule has 1 aromatic rings. The van der Waals surface area contributed by atoms with E-state index in [2.05, 4.69) is 11.9 Å². The molecule has 20 heavy (non-hydrogen) atoms. The molecule has 1 saturated carbocycles. The number of nitrogens with zero attached hydrogens (tertiary/aromatic N) is 1. The summed E-state index contributed by atoms with van der Waals surface area (Å²) in [6.07, 6.45) is 7.48. The standard InChI is InChI=1S/C16H24ClFN2/c1-20(12-7-4-2-3-5-8-12)15(11-19)13-9-6-10-14(17)16(13)18/h6,9-10,12,15H,2-5,7-8,11,19H2,1H3. The quantitative estimate of drug-likeness (QED) is 0.847. The average molecular weight is 299 g/mol. The largest absolute Gasteiger partial charge is 0.329 e. The Balaban J connectivity index is 2.19. The third kappa shape index (κ3) is 3.51. The molecule has 4 heteroatoms. The molecule has 0 radical (unpaired) electrons. The molecule has 1 aromatic carbocycles. The summed E-state index contributed by atoms with van der Waals surface area (Å²) in [5, 5.41) is 0.176. The van der Waals surface area contributed by atoms with E-state index in [1.165, 1.54) is 38.5 Å². The maximum absolute atomic E-state index is 14.2. The van der Waals surface area contributed by atoms with Gasteiger partial charge in [0.2, 0.25) is 0 Å². The second kappa shape index (κ2) is 7.39. The van der Waals surface area contributed by atoms with Gasteiger partial charge in [0.15, 0.2) is 0 Å². The summed E-state index contributed by atoms with van der Waals surface area (Å²) in [5.74, 6) is -0.329. The molecule has 1 aliphatic rings. The van der Waals surface area contributed by atoms with Gasteiger partial charge >= 0.3 is 0 Å². The monoisotopic (exact) mass is 298 g/mol. The molecule has 1 atom stereocenters. The lowest BCUT2D eigenvalue weighted by atomic mass is 10.00. The van der Waals surface area contributed by atoms with E-state index in [0.717, 1.165) is 0 Å². The highest BCUT2D eigenvalue weighted by Gasteiger charge is 2.26. The molecule has 0 heterocycles. The minimum absolute atomic E-state index is 0.100. The number of likely N-dealkylation sites (N-methyl/N-ethyl adjacent to an activating group) is 1. The minimum Gasteiger partial charge on any atom is -0.329 e. The van der Waals surface area contributed by atoms with Gasteiger partial charge in [0.1, 0.15) is 5.82 Å². The molecule has 1 aliphatic carbocycles. The lowest BCUT2D eigenvalue weighted by Gasteiger charge is -2.34. The summed E-state index contributed by atoms with van der Waals surface area (Å²) in [6.45, 7) is 0.407. The molecule has 0 saturated heterocycles. The molecule has 0 aliphatic heterocycles. The zero-order chi connectivity index (χ0) is 14.5. The second-order valence-electron chi connectivity index (χ2n) is 5.71. The van der Waals surface area contributed by atoms with Crippen LogP contribution in [0, 0.1) is 5.82 Å². The first-order valence-electron chi connectivity index (χ1n) is 7.51. The van der Waals surface area contributed by atoms with E-state index in [1.807, 2.05) is 0 Å². The van der Waals surface area contributed by atoms with Crippen molar-refractivity contribution in [3.63, 3.8) is 0 Å². The molecule has 2 rings (SSSR count). The van der Waals surface area contributed by atoms with Crippen molar-refractivity contribution in [1.29, 1.82) is 0 Å². The topological polar surface area (TPSA) is 29.3 Å². The van der Waals surface area contributed by atoms with Crippen LogP contribution in [0.15, 0.2) is 18.2 Å². The Hall–Kier alpha value is -0.640. The highest BCUT2D eigenvalue weighted by atomic mass is 35.5. The van der Waals surface area contributed by atoms with E-state index in [0.29, 0.717) is 18.2 Å². The molecule has 0 spiro atoms. The van der Waals surface area contributed by atoms with Gasteiger partial charge in [-0.2, -0.15) is 0 Å². The van der Waals surface area contributed by atoms with Crippen LogP contribution >= 0.6 is 11.6 Å². The number of hydrogen-bond donors (Lipinski definition) is 1. The maximum atomic E-state index is 14.2. The third-order valence-corrected chi connectivity index (χ3v) is 4.75. The van der Waals surface area contributed by atoms with Crippen LogP contribution in [-0.4, -0.2) is 24.5 Å². The summed E-state index contributed by atoms with van der Waals surface area (Å²) < 4.78 is 14.2. The molecular formula is C16H24ClFN2. The summed E-state index contributed by atoms with van der Waals surface area (Å²) >= 11 is 5.90. The van der Waals surface area contributed by atoms with Crippen LogP contribution in [0.3, 0.4) is 0 Å². The SMILES string of the molecule is CN(C1CCCCCC1)C(CN)c1cccc(Cl)c1F.